The number of piperidine rings is 1. The van der Waals surface area contributed by atoms with Crippen molar-refractivity contribution in [2.75, 3.05) is 13.1 Å². The molecule has 1 aromatic carbocycles. The highest BCUT2D eigenvalue weighted by molar-refractivity contribution is 5.94. The van der Waals surface area contributed by atoms with Crippen molar-refractivity contribution in [1.82, 2.24) is 4.90 Å². The monoisotopic (exact) mass is 262 g/mol. The second kappa shape index (κ2) is 5.38. The van der Waals surface area contributed by atoms with Crippen LogP contribution in [0.3, 0.4) is 0 Å². The van der Waals surface area contributed by atoms with Gasteiger partial charge in [-0.25, -0.2) is 0 Å². The van der Waals surface area contributed by atoms with E-state index in [0.29, 0.717) is 17.0 Å². The van der Waals surface area contributed by atoms with Crippen LogP contribution >= 0.6 is 0 Å². The average molecular weight is 262 g/mol. The van der Waals surface area contributed by atoms with Gasteiger partial charge in [0.2, 0.25) is 0 Å². The molecule has 1 amide bonds. The van der Waals surface area contributed by atoms with Crippen LogP contribution in [0.4, 0.5) is 5.69 Å². The Morgan fingerprint density at radius 1 is 1.47 bits per heavy atom. The Morgan fingerprint density at radius 3 is 2.79 bits per heavy atom. The van der Waals surface area contributed by atoms with Crippen LogP contribution in [0.5, 0.6) is 0 Å². The molecular formula is C14H18N2O3. The lowest BCUT2D eigenvalue weighted by Crippen LogP contribution is -2.39. The Balaban J connectivity index is 2.19. The molecular weight excluding hydrogens is 244 g/mol. The molecule has 19 heavy (non-hydrogen) atoms. The molecule has 1 saturated heterocycles. The maximum Gasteiger partial charge on any atom is 0.272 e. The molecule has 102 valence electrons. The quantitative estimate of drug-likeness (QED) is 0.608. The SMILES string of the molecule is Cc1cc(C(=O)N2CCC[C@H](C)C2)ccc1[N+](=O)[O-]. The molecule has 0 spiro atoms. The zero-order chi connectivity index (χ0) is 14.0. The van der Waals surface area contributed by atoms with Crippen LogP contribution in [0.25, 0.3) is 0 Å². The largest absolute Gasteiger partial charge is 0.338 e. The summed E-state index contributed by atoms with van der Waals surface area (Å²) in [4.78, 5) is 24.5. The van der Waals surface area contributed by atoms with Gasteiger partial charge in [-0.1, -0.05) is 6.92 Å². The fourth-order valence-electron chi connectivity index (χ4n) is 2.55. The Kier molecular flexibility index (Phi) is 3.83. The fraction of sp³-hybridized carbons (Fsp3) is 0.500. The van der Waals surface area contributed by atoms with Gasteiger partial charge in [0.1, 0.15) is 0 Å². The summed E-state index contributed by atoms with van der Waals surface area (Å²) in [5, 5.41) is 10.8. The van der Waals surface area contributed by atoms with E-state index in [9.17, 15) is 14.9 Å². The topological polar surface area (TPSA) is 63.5 Å². The van der Waals surface area contributed by atoms with Crippen LogP contribution < -0.4 is 0 Å². The first-order valence-corrected chi connectivity index (χ1v) is 6.53. The fourth-order valence-corrected chi connectivity index (χ4v) is 2.55. The number of benzene rings is 1. The predicted octanol–water partition coefficient (Wildman–Crippen LogP) is 2.78. The van der Waals surface area contributed by atoms with Crippen molar-refractivity contribution in [3.63, 3.8) is 0 Å². The zero-order valence-electron chi connectivity index (χ0n) is 11.3. The summed E-state index contributed by atoms with van der Waals surface area (Å²) in [5.74, 6) is 0.501. The molecule has 0 aliphatic carbocycles. The van der Waals surface area contributed by atoms with E-state index in [1.807, 2.05) is 4.90 Å². The number of amides is 1. The molecule has 0 N–H and O–H groups in total. The zero-order valence-corrected chi connectivity index (χ0v) is 11.3. The van der Waals surface area contributed by atoms with Crippen molar-refractivity contribution >= 4 is 11.6 Å². The number of aryl methyl sites for hydroxylation is 1. The lowest BCUT2D eigenvalue weighted by molar-refractivity contribution is -0.385. The summed E-state index contributed by atoms with van der Waals surface area (Å²) in [6.07, 6.45) is 2.18. The Bertz CT molecular complexity index is 513. The molecule has 0 unspecified atom stereocenters. The van der Waals surface area contributed by atoms with Crippen molar-refractivity contribution in [3.8, 4) is 0 Å². The molecule has 1 aliphatic heterocycles. The first-order valence-electron chi connectivity index (χ1n) is 6.53. The van der Waals surface area contributed by atoms with E-state index < -0.39 is 4.92 Å². The number of rotatable bonds is 2. The molecule has 5 heteroatoms. The number of hydrogen-bond donors (Lipinski definition) is 0. The molecule has 1 fully saturated rings. The van der Waals surface area contributed by atoms with Crippen LogP contribution in [0.2, 0.25) is 0 Å². The molecule has 0 bridgehead atoms. The smallest absolute Gasteiger partial charge is 0.272 e. The lowest BCUT2D eigenvalue weighted by Gasteiger charge is -2.31. The van der Waals surface area contributed by atoms with E-state index >= 15 is 0 Å². The normalized spacial score (nSPS) is 19.3. The number of carbonyl (C=O) groups is 1. The average Bonchev–Trinajstić information content (AvgIpc) is 2.37. The Morgan fingerprint density at radius 2 is 2.21 bits per heavy atom. The third-order valence-corrected chi connectivity index (χ3v) is 3.58. The van der Waals surface area contributed by atoms with E-state index in [2.05, 4.69) is 6.92 Å². The van der Waals surface area contributed by atoms with Crippen LogP contribution in [-0.4, -0.2) is 28.8 Å². The van der Waals surface area contributed by atoms with Crippen molar-refractivity contribution < 1.29 is 9.72 Å². The number of carbonyl (C=O) groups excluding carboxylic acids is 1. The van der Waals surface area contributed by atoms with Gasteiger partial charge in [0.25, 0.3) is 11.6 Å². The number of nitrogens with zero attached hydrogens (tertiary/aromatic N) is 2. The highest BCUT2D eigenvalue weighted by Gasteiger charge is 2.23. The van der Waals surface area contributed by atoms with E-state index in [1.54, 1.807) is 19.1 Å². The van der Waals surface area contributed by atoms with Gasteiger partial charge in [-0.2, -0.15) is 0 Å². The molecule has 1 aliphatic rings. The Hall–Kier alpha value is -1.91. The van der Waals surface area contributed by atoms with Gasteiger partial charge in [0.15, 0.2) is 0 Å². The van der Waals surface area contributed by atoms with Crippen molar-refractivity contribution in [2.45, 2.75) is 26.7 Å². The molecule has 0 aromatic heterocycles. The standard InChI is InChI=1S/C14H18N2O3/c1-10-4-3-7-15(9-10)14(17)12-5-6-13(16(18)19)11(2)8-12/h5-6,8,10H,3-4,7,9H2,1-2H3/t10-/m0/s1. The van der Waals surface area contributed by atoms with Crippen LogP contribution in [0.1, 0.15) is 35.7 Å². The highest BCUT2D eigenvalue weighted by atomic mass is 16.6. The summed E-state index contributed by atoms with van der Waals surface area (Å²) in [6.45, 7) is 5.35. The van der Waals surface area contributed by atoms with Crippen molar-refractivity contribution in [3.05, 3.63) is 39.4 Å². The first-order chi connectivity index (χ1) is 8.99. The third-order valence-electron chi connectivity index (χ3n) is 3.58. The Labute approximate surface area is 112 Å². The minimum atomic E-state index is -0.424. The number of nitro benzene ring substituents is 1. The van der Waals surface area contributed by atoms with Gasteiger partial charge in [0.05, 0.1) is 4.92 Å². The summed E-state index contributed by atoms with van der Waals surface area (Å²) in [5.41, 5.74) is 1.13. The van der Waals surface area contributed by atoms with Gasteiger partial charge in [0, 0.05) is 30.3 Å². The summed E-state index contributed by atoms with van der Waals surface area (Å²) < 4.78 is 0. The van der Waals surface area contributed by atoms with Gasteiger partial charge in [-0.15, -0.1) is 0 Å². The molecule has 1 heterocycles. The maximum atomic E-state index is 12.3. The van der Waals surface area contributed by atoms with Gasteiger partial charge in [-0.3, -0.25) is 14.9 Å². The van der Waals surface area contributed by atoms with E-state index in [0.717, 1.165) is 25.9 Å². The van der Waals surface area contributed by atoms with E-state index in [4.69, 9.17) is 0 Å². The molecule has 1 aromatic rings. The van der Waals surface area contributed by atoms with Gasteiger partial charge in [-0.05, 0) is 37.8 Å². The number of nitro groups is 1. The van der Waals surface area contributed by atoms with Crippen molar-refractivity contribution in [1.29, 1.82) is 0 Å². The van der Waals surface area contributed by atoms with Gasteiger partial charge >= 0.3 is 0 Å². The van der Waals surface area contributed by atoms with Crippen LogP contribution in [-0.2, 0) is 0 Å². The van der Waals surface area contributed by atoms with E-state index in [-0.39, 0.29) is 11.6 Å². The third kappa shape index (κ3) is 2.92. The van der Waals surface area contributed by atoms with E-state index in [1.165, 1.54) is 6.07 Å². The van der Waals surface area contributed by atoms with Gasteiger partial charge < -0.3 is 4.90 Å². The van der Waals surface area contributed by atoms with Crippen LogP contribution in [0.15, 0.2) is 18.2 Å². The molecule has 5 nitrogen and oxygen atoms in total. The minimum absolute atomic E-state index is 0.0236. The second-order valence-corrected chi connectivity index (χ2v) is 5.26. The first kappa shape index (κ1) is 13.5. The number of hydrogen-bond acceptors (Lipinski definition) is 3. The second-order valence-electron chi connectivity index (χ2n) is 5.26. The summed E-state index contributed by atoms with van der Waals surface area (Å²) in [6, 6.07) is 4.57. The molecule has 2 rings (SSSR count). The maximum absolute atomic E-state index is 12.3. The molecule has 0 saturated carbocycles. The van der Waals surface area contributed by atoms with Crippen molar-refractivity contribution in [2.24, 2.45) is 5.92 Å². The number of likely N-dealkylation sites (tertiary alicyclic amines) is 1. The van der Waals surface area contributed by atoms with Crippen LogP contribution in [0, 0.1) is 23.0 Å². The minimum Gasteiger partial charge on any atom is -0.338 e. The predicted molar refractivity (Wildman–Crippen MR) is 72.1 cm³/mol. The highest BCUT2D eigenvalue weighted by Crippen LogP contribution is 2.22. The molecule has 0 radical (unpaired) electrons. The summed E-state index contributed by atoms with van der Waals surface area (Å²) >= 11 is 0. The summed E-state index contributed by atoms with van der Waals surface area (Å²) in [7, 11) is 0. The lowest BCUT2D eigenvalue weighted by atomic mass is 9.99. The molecule has 1 atom stereocenters.